The fourth-order valence-electron chi connectivity index (χ4n) is 3.64. The van der Waals surface area contributed by atoms with Crippen LogP contribution < -0.4 is 5.32 Å². The molecule has 0 aromatic rings. The van der Waals surface area contributed by atoms with Gasteiger partial charge in [-0.1, -0.05) is 6.42 Å². The minimum Gasteiger partial charge on any atom is -0.385 e. The van der Waals surface area contributed by atoms with E-state index in [1.165, 1.54) is 31.1 Å². The van der Waals surface area contributed by atoms with Gasteiger partial charge in [-0.3, -0.25) is 9.89 Å². The summed E-state index contributed by atoms with van der Waals surface area (Å²) in [5, 5.41) is 3.44. The maximum atomic E-state index is 12.9. The van der Waals surface area contributed by atoms with Gasteiger partial charge in [0.15, 0.2) is 5.96 Å². The fraction of sp³-hybridized carbons (Fsp3) is 0.941. The van der Waals surface area contributed by atoms with Crippen molar-refractivity contribution >= 4 is 5.96 Å². The molecule has 0 radical (unpaired) electrons. The molecule has 1 heterocycles. The normalized spacial score (nSPS) is 23.3. The largest absolute Gasteiger partial charge is 0.403 e. The molecule has 0 aromatic carbocycles. The average Bonchev–Trinajstić information content (AvgIpc) is 2.55. The third-order valence-electron chi connectivity index (χ3n) is 5.72. The number of rotatable bonds is 6. The molecule has 5 nitrogen and oxygen atoms in total. The summed E-state index contributed by atoms with van der Waals surface area (Å²) in [5.74, 6) is 0.794. The summed E-state index contributed by atoms with van der Waals surface area (Å²) in [6.07, 6.45) is 0.497. The van der Waals surface area contributed by atoms with E-state index in [0.29, 0.717) is 26.2 Å². The van der Waals surface area contributed by atoms with E-state index < -0.39 is 12.2 Å². The lowest BCUT2D eigenvalue weighted by atomic mass is 9.67. The van der Waals surface area contributed by atoms with Crippen LogP contribution in [0.1, 0.15) is 32.6 Å². The maximum absolute atomic E-state index is 12.9. The van der Waals surface area contributed by atoms with E-state index in [1.54, 1.807) is 14.2 Å². The number of hydrogen-bond acceptors (Lipinski definition) is 3. The summed E-state index contributed by atoms with van der Waals surface area (Å²) in [6, 6.07) is -1.39. The van der Waals surface area contributed by atoms with Crippen LogP contribution in [-0.2, 0) is 4.74 Å². The number of alkyl halides is 3. The first-order valence-electron chi connectivity index (χ1n) is 9.07. The number of methoxy groups -OCH3 is 1. The summed E-state index contributed by atoms with van der Waals surface area (Å²) in [5.41, 5.74) is 0.276. The summed E-state index contributed by atoms with van der Waals surface area (Å²) < 4.78 is 43.8. The van der Waals surface area contributed by atoms with Gasteiger partial charge in [-0.05, 0) is 31.6 Å². The monoisotopic (exact) mass is 364 g/mol. The van der Waals surface area contributed by atoms with Crippen LogP contribution in [-0.4, -0.2) is 81.5 Å². The fourth-order valence-corrected chi connectivity index (χ4v) is 3.64. The van der Waals surface area contributed by atoms with Crippen molar-refractivity contribution in [2.75, 3.05) is 53.5 Å². The van der Waals surface area contributed by atoms with Crippen LogP contribution in [0.15, 0.2) is 4.99 Å². The van der Waals surface area contributed by atoms with Crippen LogP contribution in [0, 0.1) is 5.41 Å². The zero-order valence-corrected chi connectivity index (χ0v) is 15.5. The molecule has 0 bridgehead atoms. The van der Waals surface area contributed by atoms with E-state index in [-0.39, 0.29) is 5.41 Å². The summed E-state index contributed by atoms with van der Waals surface area (Å²) in [4.78, 5) is 7.89. The molecule has 1 N–H and O–H groups in total. The second-order valence-electron chi connectivity index (χ2n) is 7.24. The second kappa shape index (κ2) is 8.58. The molecule has 0 aromatic heterocycles. The molecular formula is C17H31F3N4O. The lowest BCUT2D eigenvalue weighted by Gasteiger charge is -2.44. The molecule has 0 amide bonds. The summed E-state index contributed by atoms with van der Waals surface area (Å²) >= 11 is 0. The number of piperazine rings is 1. The molecule has 1 saturated carbocycles. The zero-order chi connectivity index (χ0) is 18.5. The van der Waals surface area contributed by atoms with Gasteiger partial charge in [0.2, 0.25) is 0 Å². The smallest absolute Gasteiger partial charge is 0.385 e. The minimum atomic E-state index is -4.17. The number of guanidine groups is 1. The third kappa shape index (κ3) is 5.23. The van der Waals surface area contributed by atoms with Crippen LogP contribution in [0.2, 0.25) is 0 Å². The Balaban J connectivity index is 1.82. The van der Waals surface area contributed by atoms with Gasteiger partial charge in [0.25, 0.3) is 0 Å². The Kier molecular flexibility index (Phi) is 6.96. The van der Waals surface area contributed by atoms with Crippen molar-refractivity contribution in [3.8, 4) is 0 Å². The predicted molar refractivity (Wildman–Crippen MR) is 92.8 cm³/mol. The molecule has 1 aliphatic heterocycles. The first-order chi connectivity index (χ1) is 11.8. The molecule has 25 heavy (non-hydrogen) atoms. The number of aliphatic imine (C=N–C) groups is 1. The van der Waals surface area contributed by atoms with E-state index in [4.69, 9.17) is 4.74 Å². The highest BCUT2D eigenvalue weighted by Crippen LogP contribution is 2.43. The van der Waals surface area contributed by atoms with Crippen LogP contribution in [0.5, 0.6) is 0 Å². The minimum absolute atomic E-state index is 0.276. The van der Waals surface area contributed by atoms with Crippen LogP contribution >= 0.6 is 0 Å². The Morgan fingerprint density at radius 2 is 1.88 bits per heavy atom. The van der Waals surface area contributed by atoms with Crippen LogP contribution in [0.25, 0.3) is 0 Å². The summed E-state index contributed by atoms with van der Waals surface area (Å²) in [7, 11) is 3.45. The topological polar surface area (TPSA) is 40.1 Å². The Morgan fingerprint density at radius 1 is 1.24 bits per heavy atom. The van der Waals surface area contributed by atoms with Crippen molar-refractivity contribution in [1.82, 2.24) is 15.1 Å². The first-order valence-corrected chi connectivity index (χ1v) is 9.07. The van der Waals surface area contributed by atoms with Crippen molar-refractivity contribution < 1.29 is 17.9 Å². The zero-order valence-electron chi connectivity index (χ0n) is 15.5. The molecule has 2 fully saturated rings. The van der Waals surface area contributed by atoms with Crippen molar-refractivity contribution in [2.45, 2.75) is 44.8 Å². The first kappa shape index (κ1) is 20.3. The van der Waals surface area contributed by atoms with Crippen LogP contribution in [0.4, 0.5) is 13.2 Å². The number of ether oxygens (including phenoxy) is 1. The van der Waals surface area contributed by atoms with Gasteiger partial charge in [0.05, 0.1) is 0 Å². The van der Waals surface area contributed by atoms with Gasteiger partial charge in [0, 0.05) is 53.5 Å². The molecule has 146 valence electrons. The predicted octanol–water partition coefficient (Wildman–Crippen LogP) is 2.34. The molecule has 0 spiro atoms. The number of halogens is 3. The second-order valence-corrected chi connectivity index (χ2v) is 7.24. The number of hydrogen-bond donors (Lipinski definition) is 1. The van der Waals surface area contributed by atoms with Crippen LogP contribution in [0.3, 0.4) is 0 Å². The Labute approximate surface area is 148 Å². The highest BCUT2D eigenvalue weighted by atomic mass is 19.4. The Bertz CT molecular complexity index is 444. The van der Waals surface area contributed by atoms with Gasteiger partial charge in [0.1, 0.15) is 6.04 Å². The molecular weight excluding hydrogens is 333 g/mol. The molecule has 1 aliphatic carbocycles. The lowest BCUT2D eigenvalue weighted by molar-refractivity contribution is -0.181. The molecule has 2 rings (SSSR count). The SMILES string of the molecule is CN=C(NCC1(CCOC)CCC1)N1CCN(C(C)C(F)(F)F)CC1. The average molecular weight is 364 g/mol. The van der Waals surface area contributed by atoms with E-state index in [9.17, 15) is 13.2 Å². The van der Waals surface area contributed by atoms with Crippen molar-refractivity contribution in [1.29, 1.82) is 0 Å². The molecule has 8 heteroatoms. The molecule has 1 saturated heterocycles. The summed E-state index contributed by atoms with van der Waals surface area (Å²) in [6.45, 7) is 4.76. The Morgan fingerprint density at radius 3 is 2.32 bits per heavy atom. The van der Waals surface area contributed by atoms with Crippen molar-refractivity contribution in [2.24, 2.45) is 10.4 Å². The van der Waals surface area contributed by atoms with Gasteiger partial charge >= 0.3 is 6.18 Å². The highest BCUT2D eigenvalue weighted by molar-refractivity contribution is 5.80. The Hall–Kier alpha value is -1.02. The lowest BCUT2D eigenvalue weighted by Crippen LogP contribution is -2.57. The third-order valence-corrected chi connectivity index (χ3v) is 5.72. The molecule has 2 aliphatic rings. The maximum Gasteiger partial charge on any atom is 0.403 e. The van der Waals surface area contributed by atoms with Gasteiger partial charge in [-0.25, -0.2) is 0 Å². The van der Waals surface area contributed by atoms with E-state index in [2.05, 4.69) is 15.2 Å². The molecule has 1 atom stereocenters. The van der Waals surface area contributed by atoms with E-state index >= 15 is 0 Å². The number of nitrogens with zero attached hydrogens (tertiary/aromatic N) is 3. The highest BCUT2D eigenvalue weighted by Gasteiger charge is 2.41. The van der Waals surface area contributed by atoms with Crippen molar-refractivity contribution in [3.63, 3.8) is 0 Å². The number of nitrogens with one attached hydrogen (secondary N) is 1. The van der Waals surface area contributed by atoms with E-state index in [0.717, 1.165) is 25.5 Å². The quantitative estimate of drug-likeness (QED) is 0.580. The molecule has 1 unspecified atom stereocenters. The van der Waals surface area contributed by atoms with Gasteiger partial charge < -0.3 is 15.0 Å². The van der Waals surface area contributed by atoms with Gasteiger partial charge in [-0.15, -0.1) is 0 Å². The standard InChI is InChI=1S/C17H31F3N4O/c1-14(17(18,19)20)23-8-10-24(11-9-23)15(21-2)22-13-16(5-4-6-16)7-12-25-3/h14H,4-13H2,1-3H3,(H,21,22). The van der Waals surface area contributed by atoms with E-state index in [1.807, 2.05) is 0 Å². The van der Waals surface area contributed by atoms with Gasteiger partial charge in [-0.2, -0.15) is 13.2 Å². The van der Waals surface area contributed by atoms with Crippen molar-refractivity contribution in [3.05, 3.63) is 0 Å².